The number of rotatable bonds is 1. The molecule has 0 aromatic heterocycles. The third-order valence-corrected chi connectivity index (χ3v) is 0.357. The normalized spacial score (nSPS) is 7.00. The van der Waals surface area contributed by atoms with Crippen LogP contribution in [0.2, 0.25) is 0 Å². The largest absolute Gasteiger partial charge is 0.198 e. The molecule has 0 saturated heterocycles. The van der Waals surface area contributed by atoms with E-state index in [4.69, 9.17) is 10.8 Å². The maximum Gasteiger partial charge on any atom is 0.157 e. The average Bonchev–Trinajstić information content (AvgIpc) is 1.68. The van der Waals surface area contributed by atoms with Gasteiger partial charge < -0.3 is 0 Å². The van der Waals surface area contributed by atoms with Crippen LogP contribution in [0.25, 0.3) is 10.4 Å². The van der Waals surface area contributed by atoms with Gasteiger partial charge in [0, 0.05) is 4.91 Å². The Morgan fingerprint density at radius 2 is 2.57 bits per heavy atom. The van der Waals surface area contributed by atoms with Crippen molar-refractivity contribution in [3.05, 3.63) is 16.5 Å². The first-order chi connectivity index (χ1) is 3.31. The molecule has 0 saturated carbocycles. The van der Waals surface area contributed by atoms with Crippen molar-refractivity contribution in [3.8, 4) is 6.07 Å². The van der Waals surface area contributed by atoms with Crippen molar-refractivity contribution in [1.29, 1.82) is 5.26 Å². The molecule has 0 fully saturated rings. The van der Waals surface area contributed by atoms with E-state index in [1.54, 1.807) is 6.07 Å². The van der Waals surface area contributed by atoms with Gasteiger partial charge in [0.1, 0.15) is 0 Å². The summed E-state index contributed by atoms with van der Waals surface area (Å²) >= 11 is 0. The Labute approximate surface area is 41.0 Å². The Hall–Kier alpha value is -1.20. The van der Waals surface area contributed by atoms with Gasteiger partial charge in [-0.2, -0.15) is 5.26 Å². The number of nitriles is 1. The molecular weight excluding hydrogens is 92.1 g/mol. The van der Waals surface area contributed by atoms with Crippen LogP contribution >= 0.6 is 0 Å². The molecule has 1 radical (unpaired) electrons. The van der Waals surface area contributed by atoms with Gasteiger partial charge in [-0.05, 0) is 12.5 Å². The van der Waals surface area contributed by atoms with Gasteiger partial charge in [-0.3, -0.25) is 0 Å². The van der Waals surface area contributed by atoms with Crippen molar-refractivity contribution in [2.24, 2.45) is 5.11 Å². The molecule has 4 heteroatoms. The average molecular weight is 95.1 g/mol. The summed E-state index contributed by atoms with van der Waals surface area (Å²) in [4.78, 5) is 2.37. The number of azide groups is 1. The minimum Gasteiger partial charge on any atom is -0.198 e. The van der Waals surface area contributed by atoms with Crippen LogP contribution in [0, 0.1) is 17.4 Å². The molecule has 0 unspecified atom stereocenters. The third-order valence-electron chi connectivity index (χ3n) is 0.357. The summed E-state index contributed by atoms with van der Waals surface area (Å²) in [6, 6.07) is 1.80. The molecule has 0 aromatic rings. The quantitative estimate of drug-likeness (QED) is 0.275. The highest BCUT2D eigenvalue weighted by atomic mass is 15.1. The summed E-state index contributed by atoms with van der Waals surface area (Å²) in [7, 11) is 0. The van der Waals surface area contributed by atoms with Gasteiger partial charge >= 0.3 is 0 Å². The van der Waals surface area contributed by atoms with Crippen LogP contribution < -0.4 is 0 Å². The molecule has 0 atom stereocenters. The lowest BCUT2D eigenvalue weighted by Gasteiger charge is -1.77. The van der Waals surface area contributed by atoms with Crippen LogP contribution in [0.1, 0.15) is 6.92 Å². The first-order valence-electron chi connectivity index (χ1n) is 1.60. The maximum absolute atomic E-state index is 7.91. The molecule has 0 bridgehead atoms. The molecule has 0 aromatic carbocycles. The van der Waals surface area contributed by atoms with Crippen molar-refractivity contribution < 1.29 is 0 Å². The van der Waals surface area contributed by atoms with Crippen LogP contribution in [0.5, 0.6) is 0 Å². The molecule has 35 valence electrons. The predicted octanol–water partition coefficient (Wildman–Crippen LogP) is 1.37. The van der Waals surface area contributed by atoms with E-state index in [1.807, 2.05) is 0 Å². The summed E-state index contributed by atoms with van der Waals surface area (Å²) in [5, 5.41) is 10.9. The standard InChI is InChI=1S/C3H3N4/c1-3(2-4)6-7-5/h1H3. The van der Waals surface area contributed by atoms with E-state index in [1.165, 1.54) is 6.92 Å². The third kappa shape index (κ3) is 2.61. The van der Waals surface area contributed by atoms with Gasteiger partial charge in [-0.15, -0.1) is 0 Å². The smallest absolute Gasteiger partial charge is 0.157 e. The Morgan fingerprint density at radius 3 is 2.71 bits per heavy atom. The number of nitrogens with zero attached hydrogens (tertiary/aromatic N) is 4. The molecule has 4 nitrogen and oxygen atoms in total. The van der Waals surface area contributed by atoms with Crippen molar-refractivity contribution in [1.82, 2.24) is 0 Å². The zero-order valence-electron chi connectivity index (χ0n) is 3.79. The fourth-order valence-corrected chi connectivity index (χ4v) is 0.0894. The second-order valence-electron chi connectivity index (χ2n) is 0.887. The highest BCUT2D eigenvalue weighted by Crippen LogP contribution is 1.94. The fraction of sp³-hybridized carbons (Fsp3) is 0.333. The zero-order chi connectivity index (χ0) is 5.70. The molecule has 0 aliphatic rings. The summed E-state index contributed by atoms with van der Waals surface area (Å²) in [6.45, 7) is 1.44. The molecule has 0 aliphatic heterocycles. The summed E-state index contributed by atoms with van der Waals surface area (Å²) in [5.41, 5.74) is 7.65. The van der Waals surface area contributed by atoms with Gasteiger partial charge in [-0.1, -0.05) is 5.11 Å². The Kier molecular flexibility index (Phi) is 2.49. The number of hydrogen-bond donors (Lipinski definition) is 0. The summed E-state index contributed by atoms with van der Waals surface area (Å²) in [5.74, 6) is 0. The van der Waals surface area contributed by atoms with E-state index in [-0.39, 0.29) is 6.04 Å². The summed E-state index contributed by atoms with van der Waals surface area (Å²) in [6.07, 6.45) is 0. The Bertz CT molecular complexity index is 126. The molecule has 0 amide bonds. The highest BCUT2D eigenvalue weighted by Gasteiger charge is 1.89. The van der Waals surface area contributed by atoms with E-state index in [9.17, 15) is 0 Å². The van der Waals surface area contributed by atoms with Crippen LogP contribution in [0.4, 0.5) is 0 Å². The van der Waals surface area contributed by atoms with Crippen molar-refractivity contribution in [2.45, 2.75) is 6.92 Å². The zero-order valence-corrected chi connectivity index (χ0v) is 3.79. The molecule has 0 N–H and O–H groups in total. The van der Waals surface area contributed by atoms with Crippen LogP contribution in [-0.4, -0.2) is 0 Å². The van der Waals surface area contributed by atoms with E-state index in [2.05, 4.69) is 10.0 Å². The monoisotopic (exact) mass is 95.0 g/mol. The van der Waals surface area contributed by atoms with Gasteiger partial charge in [0.2, 0.25) is 0 Å². The van der Waals surface area contributed by atoms with Crippen molar-refractivity contribution in [3.63, 3.8) is 0 Å². The number of hydrogen-bond acceptors (Lipinski definition) is 2. The first-order valence-corrected chi connectivity index (χ1v) is 1.60. The second kappa shape index (κ2) is 3.01. The fourth-order valence-electron chi connectivity index (χ4n) is 0.0894. The maximum atomic E-state index is 7.91. The van der Waals surface area contributed by atoms with Crippen LogP contribution in [-0.2, 0) is 0 Å². The highest BCUT2D eigenvalue weighted by molar-refractivity contribution is 5.04. The van der Waals surface area contributed by atoms with E-state index in [0.717, 1.165) is 0 Å². The van der Waals surface area contributed by atoms with Gasteiger partial charge in [0.05, 0.1) is 6.07 Å². The first kappa shape index (κ1) is 5.80. The van der Waals surface area contributed by atoms with Gasteiger partial charge in [-0.25, -0.2) is 0 Å². The molecule has 0 aliphatic carbocycles. The minimum absolute atomic E-state index is 0.141. The second-order valence-corrected chi connectivity index (χ2v) is 0.887. The lowest BCUT2D eigenvalue weighted by atomic mass is 10.4. The van der Waals surface area contributed by atoms with Gasteiger partial charge in [0.15, 0.2) is 6.04 Å². The molecular formula is C3H3N4. The van der Waals surface area contributed by atoms with Crippen LogP contribution in [0.15, 0.2) is 5.11 Å². The minimum atomic E-state index is 0.141. The topological polar surface area (TPSA) is 72.5 Å². The predicted molar refractivity (Wildman–Crippen MR) is 23.7 cm³/mol. The SMILES string of the molecule is C[C](C#N)N=[N+]=[N-]. The van der Waals surface area contributed by atoms with Gasteiger partial charge in [0.25, 0.3) is 0 Å². The lowest BCUT2D eigenvalue weighted by Crippen LogP contribution is -1.72. The summed E-state index contributed by atoms with van der Waals surface area (Å²) < 4.78 is 0. The molecule has 0 rings (SSSR count). The lowest BCUT2D eigenvalue weighted by molar-refractivity contribution is 1.12. The molecule has 7 heavy (non-hydrogen) atoms. The Morgan fingerprint density at radius 1 is 2.00 bits per heavy atom. The van der Waals surface area contributed by atoms with Crippen molar-refractivity contribution in [2.75, 3.05) is 0 Å². The van der Waals surface area contributed by atoms with E-state index in [0.29, 0.717) is 0 Å². The van der Waals surface area contributed by atoms with E-state index >= 15 is 0 Å². The van der Waals surface area contributed by atoms with Crippen LogP contribution in [0.3, 0.4) is 0 Å². The Balaban J connectivity index is 3.64. The van der Waals surface area contributed by atoms with E-state index < -0.39 is 0 Å². The van der Waals surface area contributed by atoms with Crippen molar-refractivity contribution >= 4 is 0 Å². The molecule has 0 spiro atoms. The molecule has 0 heterocycles.